The van der Waals surface area contributed by atoms with Crippen molar-refractivity contribution in [3.63, 3.8) is 0 Å². The van der Waals surface area contributed by atoms with Crippen LogP contribution in [0.4, 0.5) is 4.39 Å². The van der Waals surface area contributed by atoms with Crippen molar-refractivity contribution < 1.29 is 9.18 Å². The second-order valence-electron chi connectivity index (χ2n) is 3.47. The molecule has 78 valence electrons. The molecule has 15 heavy (non-hydrogen) atoms. The molecule has 0 saturated carbocycles. The van der Waals surface area contributed by atoms with E-state index in [-0.39, 0.29) is 11.6 Å². The molecule has 2 aromatic rings. The molecule has 0 N–H and O–H groups in total. The molecule has 0 aliphatic heterocycles. The second kappa shape index (κ2) is 4.11. The van der Waals surface area contributed by atoms with Crippen LogP contribution in [0.25, 0.3) is 10.1 Å². The van der Waals surface area contributed by atoms with Crippen molar-refractivity contribution >= 4 is 27.2 Å². The Morgan fingerprint density at radius 3 is 2.93 bits per heavy atom. The lowest BCUT2D eigenvalue weighted by Crippen LogP contribution is -1.93. The summed E-state index contributed by atoms with van der Waals surface area (Å²) in [5.74, 6) is -0.103. The molecular formula is C12H11FOS. The quantitative estimate of drug-likeness (QED) is 0.717. The van der Waals surface area contributed by atoms with Gasteiger partial charge >= 0.3 is 0 Å². The summed E-state index contributed by atoms with van der Waals surface area (Å²) in [5.41, 5.74) is 0. The lowest BCUT2D eigenvalue weighted by molar-refractivity contribution is 0.0985. The molecule has 1 heterocycles. The molecule has 0 atom stereocenters. The van der Waals surface area contributed by atoms with E-state index in [1.165, 1.54) is 23.5 Å². The van der Waals surface area contributed by atoms with E-state index >= 15 is 0 Å². The molecule has 2 rings (SSSR count). The number of carbonyl (C=O) groups is 1. The van der Waals surface area contributed by atoms with E-state index in [2.05, 4.69) is 0 Å². The van der Waals surface area contributed by atoms with Crippen molar-refractivity contribution in [2.24, 2.45) is 0 Å². The third-order valence-corrected chi connectivity index (χ3v) is 3.39. The fraction of sp³-hybridized carbons (Fsp3) is 0.250. The zero-order valence-corrected chi connectivity index (χ0v) is 9.23. The molecule has 0 amide bonds. The van der Waals surface area contributed by atoms with Gasteiger partial charge in [0.2, 0.25) is 0 Å². The summed E-state index contributed by atoms with van der Waals surface area (Å²) in [5, 5.41) is 0.819. The van der Waals surface area contributed by atoms with Crippen LogP contribution in [0.15, 0.2) is 24.3 Å². The maximum atomic E-state index is 12.9. The highest BCUT2D eigenvalue weighted by Crippen LogP contribution is 2.27. The Hall–Kier alpha value is -1.22. The number of carbonyl (C=O) groups excluding carboxylic acids is 1. The van der Waals surface area contributed by atoms with Gasteiger partial charge < -0.3 is 0 Å². The topological polar surface area (TPSA) is 17.1 Å². The minimum Gasteiger partial charge on any atom is -0.293 e. The minimum atomic E-state index is -0.255. The Morgan fingerprint density at radius 1 is 1.40 bits per heavy atom. The SMILES string of the molecule is CCCC(=O)c1cc2cc(F)ccc2s1. The number of benzene rings is 1. The van der Waals surface area contributed by atoms with Crippen LogP contribution in [-0.4, -0.2) is 5.78 Å². The first kappa shape index (κ1) is 10.3. The summed E-state index contributed by atoms with van der Waals surface area (Å²) < 4.78 is 13.9. The zero-order valence-electron chi connectivity index (χ0n) is 8.42. The van der Waals surface area contributed by atoms with Crippen LogP contribution in [0.5, 0.6) is 0 Å². The van der Waals surface area contributed by atoms with Crippen LogP contribution < -0.4 is 0 Å². The average Bonchev–Trinajstić information content (AvgIpc) is 2.60. The molecule has 1 aromatic heterocycles. The molecule has 1 aromatic carbocycles. The van der Waals surface area contributed by atoms with Crippen molar-refractivity contribution in [3.8, 4) is 0 Å². The summed E-state index contributed by atoms with van der Waals surface area (Å²) in [6, 6.07) is 6.39. The third-order valence-electron chi connectivity index (χ3n) is 2.23. The Labute approximate surface area is 91.5 Å². The van der Waals surface area contributed by atoms with Gasteiger partial charge in [0.25, 0.3) is 0 Å². The Balaban J connectivity index is 2.42. The van der Waals surface area contributed by atoms with Crippen LogP contribution in [0, 0.1) is 5.82 Å². The van der Waals surface area contributed by atoms with Gasteiger partial charge in [0, 0.05) is 11.1 Å². The molecular weight excluding hydrogens is 211 g/mol. The zero-order chi connectivity index (χ0) is 10.8. The molecule has 0 unspecified atom stereocenters. The number of halogens is 1. The lowest BCUT2D eigenvalue weighted by Gasteiger charge is -1.90. The Morgan fingerprint density at radius 2 is 2.20 bits per heavy atom. The van der Waals surface area contributed by atoms with Gasteiger partial charge in [-0.05, 0) is 36.1 Å². The summed E-state index contributed by atoms with van der Waals surface area (Å²) in [6.45, 7) is 1.98. The summed E-state index contributed by atoms with van der Waals surface area (Å²) in [6.07, 6.45) is 1.41. The van der Waals surface area contributed by atoms with Crippen molar-refractivity contribution in [2.45, 2.75) is 19.8 Å². The van der Waals surface area contributed by atoms with E-state index in [0.29, 0.717) is 6.42 Å². The summed E-state index contributed by atoms with van der Waals surface area (Å²) >= 11 is 1.44. The van der Waals surface area contributed by atoms with Gasteiger partial charge in [0.1, 0.15) is 5.82 Å². The molecule has 0 bridgehead atoms. The molecule has 0 saturated heterocycles. The maximum absolute atomic E-state index is 12.9. The molecule has 0 fully saturated rings. The summed E-state index contributed by atoms with van der Waals surface area (Å²) in [4.78, 5) is 12.3. The first-order chi connectivity index (χ1) is 7.20. The van der Waals surface area contributed by atoms with Gasteiger partial charge in [0.05, 0.1) is 4.88 Å². The molecule has 0 radical (unpaired) electrons. The van der Waals surface area contributed by atoms with Gasteiger partial charge in [-0.25, -0.2) is 4.39 Å². The van der Waals surface area contributed by atoms with Crippen LogP contribution in [-0.2, 0) is 0 Å². The fourth-order valence-corrected chi connectivity index (χ4v) is 2.51. The average molecular weight is 222 g/mol. The van der Waals surface area contributed by atoms with Crippen molar-refractivity contribution in [2.75, 3.05) is 0 Å². The molecule has 0 spiro atoms. The van der Waals surface area contributed by atoms with Crippen molar-refractivity contribution in [3.05, 3.63) is 35.0 Å². The Kier molecular flexibility index (Phi) is 2.82. The minimum absolute atomic E-state index is 0.152. The largest absolute Gasteiger partial charge is 0.293 e. The van der Waals surface area contributed by atoms with Crippen LogP contribution in [0.1, 0.15) is 29.4 Å². The van der Waals surface area contributed by atoms with Crippen molar-refractivity contribution in [1.29, 1.82) is 0 Å². The van der Waals surface area contributed by atoms with E-state index < -0.39 is 0 Å². The van der Waals surface area contributed by atoms with Gasteiger partial charge in [-0.1, -0.05) is 6.92 Å². The Bertz CT molecular complexity index is 501. The molecule has 0 aliphatic carbocycles. The number of thiophene rings is 1. The van der Waals surface area contributed by atoms with Crippen LogP contribution in [0.3, 0.4) is 0 Å². The number of rotatable bonds is 3. The highest BCUT2D eigenvalue weighted by Gasteiger charge is 2.09. The number of ketones is 1. The van der Waals surface area contributed by atoms with E-state index in [1.807, 2.05) is 6.92 Å². The number of fused-ring (bicyclic) bond motifs is 1. The predicted molar refractivity (Wildman–Crippen MR) is 61.0 cm³/mol. The fourth-order valence-electron chi connectivity index (χ4n) is 1.50. The summed E-state index contributed by atoms with van der Waals surface area (Å²) in [7, 11) is 0. The number of Topliss-reactive ketones (excluding diaryl/α,β-unsaturated/α-hetero) is 1. The van der Waals surface area contributed by atoms with Crippen LogP contribution in [0.2, 0.25) is 0 Å². The van der Waals surface area contributed by atoms with Crippen LogP contribution >= 0.6 is 11.3 Å². The first-order valence-electron chi connectivity index (χ1n) is 4.93. The standard InChI is InChI=1S/C12H11FOS/c1-2-3-10(14)12-7-8-6-9(13)4-5-11(8)15-12/h4-7H,2-3H2,1H3. The van der Waals surface area contributed by atoms with E-state index in [0.717, 1.165) is 21.4 Å². The van der Waals surface area contributed by atoms with E-state index in [9.17, 15) is 9.18 Å². The van der Waals surface area contributed by atoms with E-state index in [4.69, 9.17) is 0 Å². The normalized spacial score (nSPS) is 10.8. The van der Waals surface area contributed by atoms with E-state index in [1.54, 1.807) is 12.1 Å². The molecule has 3 heteroatoms. The molecule has 1 nitrogen and oxygen atoms in total. The monoisotopic (exact) mass is 222 g/mol. The number of hydrogen-bond acceptors (Lipinski definition) is 2. The maximum Gasteiger partial charge on any atom is 0.172 e. The van der Waals surface area contributed by atoms with Gasteiger partial charge in [-0.15, -0.1) is 11.3 Å². The third kappa shape index (κ3) is 2.07. The highest BCUT2D eigenvalue weighted by atomic mass is 32.1. The van der Waals surface area contributed by atoms with Crippen molar-refractivity contribution in [1.82, 2.24) is 0 Å². The second-order valence-corrected chi connectivity index (χ2v) is 4.55. The number of hydrogen-bond donors (Lipinski definition) is 0. The van der Waals surface area contributed by atoms with Gasteiger partial charge in [0.15, 0.2) is 5.78 Å². The van der Waals surface area contributed by atoms with Gasteiger partial charge in [-0.3, -0.25) is 4.79 Å². The predicted octanol–water partition coefficient (Wildman–Crippen LogP) is 4.02. The first-order valence-corrected chi connectivity index (χ1v) is 5.74. The smallest absolute Gasteiger partial charge is 0.172 e. The van der Waals surface area contributed by atoms with Gasteiger partial charge in [-0.2, -0.15) is 0 Å². The molecule has 0 aliphatic rings. The lowest BCUT2D eigenvalue weighted by atomic mass is 10.2. The highest BCUT2D eigenvalue weighted by molar-refractivity contribution is 7.20.